The SMILES string of the molecule is CC(CN)CC(=O)N(C)CC1CC1C. The van der Waals surface area contributed by atoms with E-state index in [4.69, 9.17) is 5.73 Å². The highest BCUT2D eigenvalue weighted by Gasteiger charge is 2.34. The highest BCUT2D eigenvalue weighted by molar-refractivity contribution is 5.76. The zero-order valence-corrected chi connectivity index (χ0v) is 9.49. The second-order valence-corrected chi connectivity index (χ2v) is 4.79. The lowest BCUT2D eigenvalue weighted by Crippen LogP contribution is -2.31. The Labute approximate surface area is 86.6 Å². The number of amides is 1. The van der Waals surface area contributed by atoms with Crippen molar-refractivity contribution in [3.63, 3.8) is 0 Å². The molecular weight excluding hydrogens is 176 g/mol. The van der Waals surface area contributed by atoms with Gasteiger partial charge in [-0.1, -0.05) is 13.8 Å². The maximum atomic E-state index is 11.7. The summed E-state index contributed by atoms with van der Waals surface area (Å²) in [7, 11) is 1.90. The third kappa shape index (κ3) is 3.29. The summed E-state index contributed by atoms with van der Waals surface area (Å²) in [6.45, 7) is 5.79. The van der Waals surface area contributed by atoms with Crippen LogP contribution in [0, 0.1) is 17.8 Å². The molecule has 14 heavy (non-hydrogen) atoms. The van der Waals surface area contributed by atoms with Gasteiger partial charge in [-0.05, 0) is 30.7 Å². The standard InChI is InChI=1S/C11H22N2O/c1-8(6-12)4-11(14)13(3)7-10-5-9(10)2/h8-10H,4-7,12H2,1-3H3. The molecule has 0 heterocycles. The maximum Gasteiger partial charge on any atom is 0.222 e. The predicted octanol–water partition coefficient (Wildman–Crippen LogP) is 1.09. The van der Waals surface area contributed by atoms with Crippen molar-refractivity contribution < 1.29 is 4.79 Å². The topological polar surface area (TPSA) is 46.3 Å². The van der Waals surface area contributed by atoms with E-state index in [9.17, 15) is 4.79 Å². The molecule has 1 saturated carbocycles. The van der Waals surface area contributed by atoms with Gasteiger partial charge in [-0.2, -0.15) is 0 Å². The third-order valence-electron chi connectivity index (χ3n) is 3.14. The van der Waals surface area contributed by atoms with Gasteiger partial charge in [-0.3, -0.25) is 4.79 Å². The largest absolute Gasteiger partial charge is 0.345 e. The van der Waals surface area contributed by atoms with Crippen molar-refractivity contribution in [1.29, 1.82) is 0 Å². The molecule has 0 aromatic heterocycles. The molecule has 0 radical (unpaired) electrons. The molecule has 1 fully saturated rings. The van der Waals surface area contributed by atoms with Crippen molar-refractivity contribution >= 4 is 5.91 Å². The molecule has 1 aliphatic carbocycles. The van der Waals surface area contributed by atoms with Crippen molar-refractivity contribution in [1.82, 2.24) is 4.90 Å². The molecule has 82 valence electrons. The zero-order valence-electron chi connectivity index (χ0n) is 9.49. The normalized spacial score (nSPS) is 27.1. The minimum absolute atomic E-state index is 0.238. The van der Waals surface area contributed by atoms with Crippen LogP contribution in [0.25, 0.3) is 0 Å². The van der Waals surface area contributed by atoms with E-state index in [1.807, 2.05) is 18.9 Å². The molecule has 0 bridgehead atoms. The lowest BCUT2D eigenvalue weighted by atomic mass is 10.1. The first-order chi connectivity index (χ1) is 6.54. The summed E-state index contributed by atoms with van der Waals surface area (Å²) in [6.07, 6.45) is 1.87. The number of rotatable bonds is 5. The lowest BCUT2D eigenvalue weighted by molar-refractivity contribution is -0.130. The quantitative estimate of drug-likeness (QED) is 0.718. The number of nitrogens with zero attached hydrogens (tertiary/aromatic N) is 1. The Morgan fingerprint density at radius 1 is 1.64 bits per heavy atom. The number of carbonyl (C=O) groups excluding carboxylic acids is 1. The molecule has 1 amide bonds. The molecule has 0 aromatic carbocycles. The lowest BCUT2D eigenvalue weighted by Gasteiger charge is -2.18. The summed E-state index contributed by atoms with van der Waals surface area (Å²) in [5, 5.41) is 0. The van der Waals surface area contributed by atoms with Gasteiger partial charge in [0.2, 0.25) is 5.91 Å². The van der Waals surface area contributed by atoms with E-state index in [1.54, 1.807) is 0 Å². The summed E-state index contributed by atoms with van der Waals surface area (Å²) in [5.41, 5.74) is 5.49. The highest BCUT2D eigenvalue weighted by Crippen LogP contribution is 2.38. The van der Waals surface area contributed by atoms with Gasteiger partial charge in [0.25, 0.3) is 0 Å². The Balaban J connectivity index is 2.22. The van der Waals surface area contributed by atoms with Crippen molar-refractivity contribution in [2.24, 2.45) is 23.5 Å². The fourth-order valence-electron chi connectivity index (χ4n) is 1.64. The van der Waals surface area contributed by atoms with Crippen molar-refractivity contribution in [2.45, 2.75) is 26.7 Å². The second-order valence-electron chi connectivity index (χ2n) is 4.79. The zero-order chi connectivity index (χ0) is 10.7. The summed E-state index contributed by atoms with van der Waals surface area (Å²) in [5.74, 6) is 2.11. The average Bonchev–Trinajstić information content (AvgIpc) is 2.81. The van der Waals surface area contributed by atoms with Gasteiger partial charge in [0, 0.05) is 20.0 Å². The molecule has 0 aliphatic heterocycles. The van der Waals surface area contributed by atoms with Gasteiger partial charge in [0.05, 0.1) is 0 Å². The minimum Gasteiger partial charge on any atom is -0.345 e. The molecule has 3 heteroatoms. The molecule has 0 aromatic rings. The smallest absolute Gasteiger partial charge is 0.222 e. The van der Waals surface area contributed by atoms with Crippen LogP contribution in [0.5, 0.6) is 0 Å². The van der Waals surface area contributed by atoms with Gasteiger partial charge in [-0.15, -0.1) is 0 Å². The van der Waals surface area contributed by atoms with E-state index in [-0.39, 0.29) is 5.91 Å². The minimum atomic E-state index is 0.238. The third-order valence-corrected chi connectivity index (χ3v) is 3.14. The van der Waals surface area contributed by atoms with Gasteiger partial charge >= 0.3 is 0 Å². The van der Waals surface area contributed by atoms with Crippen LogP contribution in [0.15, 0.2) is 0 Å². The molecule has 3 unspecified atom stereocenters. The van der Waals surface area contributed by atoms with E-state index in [2.05, 4.69) is 6.92 Å². The molecule has 3 nitrogen and oxygen atoms in total. The fourth-order valence-corrected chi connectivity index (χ4v) is 1.64. The van der Waals surface area contributed by atoms with Crippen molar-refractivity contribution in [3.05, 3.63) is 0 Å². The van der Waals surface area contributed by atoms with Crippen LogP contribution in [0.1, 0.15) is 26.7 Å². The Hall–Kier alpha value is -0.570. The summed E-state index contributed by atoms with van der Waals surface area (Å²) < 4.78 is 0. The van der Waals surface area contributed by atoms with E-state index in [1.165, 1.54) is 6.42 Å². The van der Waals surface area contributed by atoms with Gasteiger partial charge < -0.3 is 10.6 Å². The van der Waals surface area contributed by atoms with E-state index in [0.29, 0.717) is 18.9 Å². The molecule has 0 spiro atoms. The molecule has 3 atom stereocenters. The second kappa shape index (κ2) is 4.78. The summed E-state index contributed by atoms with van der Waals surface area (Å²) in [4.78, 5) is 13.5. The van der Waals surface area contributed by atoms with Crippen molar-refractivity contribution in [2.75, 3.05) is 20.1 Å². The Kier molecular flexibility index (Phi) is 3.93. The van der Waals surface area contributed by atoms with Crippen LogP contribution in [0.2, 0.25) is 0 Å². The Morgan fingerprint density at radius 2 is 2.21 bits per heavy atom. The monoisotopic (exact) mass is 198 g/mol. The van der Waals surface area contributed by atoms with E-state index < -0.39 is 0 Å². The van der Waals surface area contributed by atoms with Crippen LogP contribution in [0.4, 0.5) is 0 Å². The first-order valence-electron chi connectivity index (χ1n) is 5.48. The first kappa shape index (κ1) is 11.5. The molecular formula is C11H22N2O. The molecule has 1 aliphatic rings. The van der Waals surface area contributed by atoms with Crippen LogP contribution < -0.4 is 5.73 Å². The van der Waals surface area contributed by atoms with Gasteiger partial charge in [0.1, 0.15) is 0 Å². The summed E-state index contributed by atoms with van der Waals surface area (Å²) >= 11 is 0. The van der Waals surface area contributed by atoms with E-state index >= 15 is 0 Å². The molecule has 0 saturated heterocycles. The van der Waals surface area contributed by atoms with Crippen LogP contribution >= 0.6 is 0 Å². The maximum absolute atomic E-state index is 11.7. The fraction of sp³-hybridized carbons (Fsp3) is 0.909. The first-order valence-corrected chi connectivity index (χ1v) is 5.48. The number of hydrogen-bond acceptors (Lipinski definition) is 2. The van der Waals surface area contributed by atoms with Gasteiger partial charge in [-0.25, -0.2) is 0 Å². The average molecular weight is 198 g/mol. The molecule has 1 rings (SSSR count). The number of hydrogen-bond donors (Lipinski definition) is 1. The number of nitrogens with two attached hydrogens (primary N) is 1. The highest BCUT2D eigenvalue weighted by atomic mass is 16.2. The van der Waals surface area contributed by atoms with Crippen molar-refractivity contribution in [3.8, 4) is 0 Å². The summed E-state index contributed by atoms with van der Waals surface area (Å²) in [6, 6.07) is 0. The Morgan fingerprint density at radius 3 is 2.64 bits per heavy atom. The number of carbonyl (C=O) groups is 1. The van der Waals surface area contributed by atoms with Crippen LogP contribution in [-0.2, 0) is 4.79 Å². The van der Waals surface area contributed by atoms with E-state index in [0.717, 1.165) is 18.4 Å². The Bertz CT molecular complexity index is 205. The van der Waals surface area contributed by atoms with Crippen LogP contribution in [-0.4, -0.2) is 30.9 Å². The van der Waals surface area contributed by atoms with Gasteiger partial charge in [0.15, 0.2) is 0 Å². The van der Waals surface area contributed by atoms with Crippen LogP contribution in [0.3, 0.4) is 0 Å². The predicted molar refractivity (Wildman–Crippen MR) is 57.7 cm³/mol. The molecule has 2 N–H and O–H groups in total.